The molecule has 0 spiro atoms. The second-order valence-electron chi connectivity index (χ2n) is 12.2. The first kappa shape index (κ1) is 26.6. The van der Waals surface area contributed by atoms with Crippen molar-refractivity contribution in [2.45, 2.75) is 82.8 Å². The van der Waals surface area contributed by atoms with E-state index in [-0.39, 0.29) is 35.1 Å². The molecule has 0 saturated heterocycles. The van der Waals surface area contributed by atoms with E-state index < -0.39 is 8.32 Å². The SMILES string of the molecule is COC(=O)/C=C/[C@@H]1C[C@@H](n2ccc3c(N[C@H]4CCc5ccccc54)ncnc32)C[C@@H]1O[Si](C)(C)C(C)(C)C. The van der Waals surface area contributed by atoms with Gasteiger partial charge in [0.25, 0.3) is 0 Å². The van der Waals surface area contributed by atoms with E-state index in [9.17, 15) is 4.79 Å². The fraction of sp³-hybridized carbons (Fsp3) is 0.500. The summed E-state index contributed by atoms with van der Waals surface area (Å²) in [5.74, 6) is 0.674. The van der Waals surface area contributed by atoms with Gasteiger partial charge in [-0.15, -0.1) is 0 Å². The quantitative estimate of drug-likeness (QED) is 0.210. The van der Waals surface area contributed by atoms with E-state index in [1.165, 1.54) is 18.2 Å². The van der Waals surface area contributed by atoms with Crippen LogP contribution >= 0.6 is 0 Å². The van der Waals surface area contributed by atoms with Crippen LogP contribution < -0.4 is 5.32 Å². The van der Waals surface area contributed by atoms with Crippen LogP contribution in [0.2, 0.25) is 18.1 Å². The molecule has 2 aliphatic rings. The van der Waals surface area contributed by atoms with Crippen LogP contribution in [0.15, 0.2) is 55.0 Å². The third-order valence-electron chi connectivity index (χ3n) is 8.81. The number of ether oxygens (including phenoxy) is 1. The van der Waals surface area contributed by atoms with Crippen LogP contribution in [0.1, 0.15) is 63.2 Å². The maximum atomic E-state index is 11.9. The van der Waals surface area contributed by atoms with Crippen LogP contribution in [0.4, 0.5) is 5.82 Å². The van der Waals surface area contributed by atoms with E-state index in [0.29, 0.717) is 0 Å². The second kappa shape index (κ2) is 10.3. The Labute approximate surface area is 226 Å². The maximum absolute atomic E-state index is 11.9. The van der Waals surface area contributed by atoms with Gasteiger partial charge in [-0.05, 0) is 61.0 Å². The first-order chi connectivity index (χ1) is 18.1. The topological polar surface area (TPSA) is 78.3 Å². The molecule has 8 heteroatoms. The Hall–Kier alpha value is -2.97. The molecule has 38 heavy (non-hydrogen) atoms. The number of esters is 1. The molecule has 5 rings (SSSR count). The second-order valence-corrected chi connectivity index (χ2v) is 17.0. The summed E-state index contributed by atoms with van der Waals surface area (Å²) in [5, 5.41) is 4.84. The lowest BCUT2D eigenvalue weighted by molar-refractivity contribution is -0.134. The van der Waals surface area contributed by atoms with Gasteiger partial charge in [0.1, 0.15) is 17.8 Å². The average molecular weight is 533 g/mol. The van der Waals surface area contributed by atoms with Gasteiger partial charge in [0.2, 0.25) is 0 Å². The van der Waals surface area contributed by atoms with Crippen molar-refractivity contribution < 1.29 is 14.0 Å². The minimum absolute atomic E-state index is 0.0358. The van der Waals surface area contributed by atoms with Gasteiger partial charge >= 0.3 is 5.97 Å². The molecule has 2 aliphatic carbocycles. The van der Waals surface area contributed by atoms with Crippen LogP contribution in [0.3, 0.4) is 0 Å². The van der Waals surface area contributed by atoms with E-state index >= 15 is 0 Å². The maximum Gasteiger partial charge on any atom is 0.330 e. The number of aromatic nitrogens is 3. The smallest absolute Gasteiger partial charge is 0.330 e. The highest BCUT2D eigenvalue weighted by atomic mass is 28.4. The van der Waals surface area contributed by atoms with Gasteiger partial charge in [0.05, 0.1) is 24.6 Å². The number of fused-ring (bicyclic) bond motifs is 2. The molecule has 1 aromatic carbocycles. The first-order valence-corrected chi connectivity index (χ1v) is 16.6. The predicted octanol–water partition coefficient (Wildman–Crippen LogP) is 6.60. The van der Waals surface area contributed by atoms with E-state index in [4.69, 9.17) is 14.1 Å². The minimum Gasteiger partial charge on any atom is -0.466 e. The molecule has 7 nitrogen and oxygen atoms in total. The average Bonchev–Trinajstić information content (AvgIpc) is 3.59. The molecule has 0 unspecified atom stereocenters. The lowest BCUT2D eigenvalue weighted by Gasteiger charge is -2.39. The summed E-state index contributed by atoms with van der Waals surface area (Å²) in [6, 6.07) is 11.3. The molecular formula is C30H40N4O3Si. The van der Waals surface area contributed by atoms with Crippen molar-refractivity contribution in [3.05, 3.63) is 66.1 Å². The molecule has 4 atom stereocenters. The Bertz CT molecular complexity index is 1340. The standard InChI is InChI=1S/C30H40N4O3Si/c1-30(2,3)38(5,6)37-26-18-22(17-21(26)12-14-27(35)36-4)34-16-15-24-28(31-19-32-29(24)34)33-25-13-11-20-9-7-8-10-23(20)25/h7-10,12,14-16,19,21-22,25-26H,11,13,17-18H2,1-6H3,(H,31,32,33)/b14-12+/t21-,22-,25+,26+/m1/s1. The molecule has 2 aromatic heterocycles. The van der Waals surface area contributed by atoms with Crippen LogP contribution in [0.5, 0.6) is 0 Å². The summed E-state index contributed by atoms with van der Waals surface area (Å²) in [4.78, 5) is 21.2. The summed E-state index contributed by atoms with van der Waals surface area (Å²) in [6.07, 6.45) is 11.3. The fourth-order valence-electron chi connectivity index (χ4n) is 5.65. The van der Waals surface area contributed by atoms with E-state index in [2.05, 4.69) is 85.3 Å². The summed E-state index contributed by atoms with van der Waals surface area (Å²) in [7, 11) is -0.586. The summed E-state index contributed by atoms with van der Waals surface area (Å²) < 4.78 is 14.0. The monoisotopic (exact) mass is 532 g/mol. The molecule has 0 bridgehead atoms. The van der Waals surface area contributed by atoms with Gasteiger partial charge in [-0.2, -0.15) is 0 Å². The molecule has 202 valence electrons. The molecule has 0 radical (unpaired) electrons. The van der Waals surface area contributed by atoms with Gasteiger partial charge in [0, 0.05) is 24.2 Å². The zero-order chi connectivity index (χ0) is 27.1. The fourth-order valence-corrected chi connectivity index (χ4v) is 7.03. The zero-order valence-electron chi connectivity index (χ0n) is 23.4. The summed E-state index contributed by atoms with van der Waals surface area (Å²) >= 11 is 0. The van der Waals surface area contributed by atoms with Crippen molar-refractivity contribution in [2.24, 2.45) is 5.92 Å². The van der Waals surface area contributed by atoms with Crippen molar-refractivity contribution in [1.82, 2.24) is 14.5 Å². The lowest BCUT2D eigenvalue weighted by Crippen LogP contribution is -2.44. The number of hydrogen-bond acceptors (Lipinski definition) is 6. The number of aryl methyl sites for hydroxylation is 1. The van der Waals surface area contributed by atoms with Crippen molar-refractivity contribution in [1.29, 1.82) is 0 Å². The van der Waals surface area contributed by atoms with E-state index in [0.717, 1.165) is 42.5 Å². The molecule has 1 N–H and O–H groups in total. The third-order valence-corrected chi connectivity index (χ3v) is 13.3. The molecule has 0 amide bonds. The number of nitrogens with one attached hydrogen (secondary N) is 1. The van der Waals surface area contributed by atoms with Gasteiger partial charge < -0.3 is 19.0 Å². The first-order valence-electron chi connectivity index (χ1n) is 13.7. The van der Waals surface area contributed by atoms with Crippen molar-refractivity contribution in [3.63, 3.8) is 0 Å². The lowest BCUT2D eigenvalue weighted by atomic mass is 10.1. The van der Waals surface area contributed by atoms with Crippen molar-refractivity contribution in [2.75, 3.05) is 12.4 Å². The Morgan fingerprint density at radius 2 is 1.95 bits per heavy atom. The van der Waals surface area contributed by atoms with Crippen LogP contribution in [0, 0.1) is 5.92 Å². The molecule has 1 saturated carbocycles. The number of carbonyl (C=O) groups excluding carboxylic acids is 1. The summed E-state index contributed by atoms with van der Waals surface area (Å²) in [6.45, 7) is 11.4. The van der Waals surface area contributed by atoms with E-state index in [1.54, 1.807) is 12.4 Å². The molecule has 2 heterocycles. The normalized spacial score (nSPS) is 23.7. The number of carbonyl (C=O) groups is 1. The number of benzene rings is 1. The van der Waals surface area contributed by atoms with Gasteiger partial charge in [-0.25, -0.2) is 14.8 Å². The van der Waals surface area contributed by atoms with Crippen LogP contribution in [-0.4, -0.2) is 42.0 Å². The zero-order valence-corrected chi connectivity index (χ0v) is 24.4. The molecular weight excluding hydrogens is 492 g/mol. The number of hydrogen-bond donors (Lipinski definition) is 1. The minimum atomic E-state index is -2.00. The Morgan fingerprint density at radius 1 is 1.16 bits per heavy atom. The Morgan fingerprint density at radius 3 is 2.71 bits per heavy atom. The molecule has 3 aromatic rings. The largest absolute Gasteiger partial charge is 0.466 e. The highest BCUT2D eigenvalue weighted by Gasteiger charge is 2.44. The van der Waals surface area contributed by atoms with Crippen LogP contribution in [0.25, 0.3) is 11.0 Å². The number of anilines is 1. The highest BCUT2D eigenvalue weighted by molar-refractivity contribution is 6.74. The molecule has 1 fully saturated rings. The van der Waals surface area contributed by atoms with Crippen molar-refractivity contribution >= 4 is 31.1 Å². The van der Waals surface area contributed by atoms with E-state index in [1.807, 2.05) is 6.08 Å². The number of methoxy groups -OCH3 is 1. The highest BCUT2D eigenvalue weighted by Crippen LogP contribution is 2.45. The Kier molecular flexibility index (Phi) is 7.22. The van der Waals surface area contributed by atoms with Gasteiger partial charge in [-0.3, -0.25) is 0 Å². The third kappa shape index (κ3) is 5.16. The Balaban J connectivity index is 1.41. The number of nitrogens with zero attached hydrogens (tertiary/aromatic N) is 3. The summed E-state index contributed by atoms with van der Waals surface area (Å²) in [5.41, 5.74) is 3.71. The number of rotatable bonds is 7. The van der Waals surface area contributed by atoms with Crippen molar-refractivity contribution in [3.8, 4) is 0 Å². The van der Waals surface area contributed by atoms with Crippen LogP contribution in [-0.2, 0) is 20.4 Å². The van der Waals surface area contributed by atoms with Gasteiger partial charge in [0.15, 0.2) is 8.32 Å². The predicted molar refractivity (Wildman–Crippen MR) is 154 cm³/mol. The molecule has 0 aliphatic heterocycles. The van der Waals surface area contributed by atoms with Gasteiger partial charge in [-0.1, -0.05) is 51.1 Å².